The fourth-order valence-electron chi connectivity index (χ4n) is 2.87. The Labute approximate surface area is 80.9 Å². The van der Waals surface area contributed by atoms with E-state index < -0.39 is 0 Å². The topological polar surface area (TPSA) is 23.5 Å². The number of rotatable bonds is 3. The molecule has 2 nitrogen and oxygen atoms in total. The summed E-state index contributed by atoms with van der Waals surface area (Å²) >= 11 is 0. The van der Waals surface area contributed by atoms with Crippen LogP contribution in [0.4, 0.5) is 0 Å². The summed E-state index contributed by atoms with van der Waals surface area (Å²) in [7, 11) is 0. The molecule has 0 aromatic rings. The summed E-state index contributed by atoms with van der Waals surface area (Å²) in [4.78, 5) is 2.50. The number of nitrogens with zero attached hydrogens (tertiary/aromatic N) is 1. The zero-order valence-electron chi connectivity index (χ0n) is 8.63. The largest absolute Gasteiger partial charge is 0.393 e. The molecule has 2 heteroatoms. The van der Waals surface area contributed by atoms with Crippen molar-refractivity contribution in [2.75, 3.05) is 19.6 Å². The van der Waals surface area contributed by atoms with Gasteiger partial charge >= 0.3 is 0 Å². The quantitative estimate of drug-likeness (QED) is 0.719. The van der Waals surface area contributed by atoms with Crippen molar-refractivity contribution in [3.05, 3.63) is 0 Å². The normalized spacial score (nSPS) is 29.1. The molecule has 1 saturated heterocycles. The van der Waals surface area contributed by atoms with Crippen molar-refractivity contribution in [1.82, 2.24) is 4.90 Å². The summed E-state index contributed by atoms with van der Waals surface area (Å²) in [6.45, 7) is 5.59. The number of hydrogen-bond donors (Lipinski definition) is 1. The fourth-order valence-corrected chi connectivity index (χ4v) is 2.87. The van der Waals surface area contributed by atoms with Gasteiger partial charge in [-0.05, 0) is 31.6 Å². The Bertz CT molecular complexity index is 165. The Hall–Kier alpha value is -0.0800. The molecule has 0 aromatic heterocycles. The van der Waals surface area contributed by atoms with Gasteiger partial charge in [-0.25, -0.2) is 0 Å². The summed E-state index contributed by atoms with van der Waals surface area (Å²) in [5, 5.41) is 9.15. The predicted octanol–water partition coefficient (Wildman–Crippen LogP) is 1.63. The SMILES string of the molecule is CC(O)CCN1CC2(CCCC2)C1. The number of aliphatic hydroxyl groups is 1. The lowest BCUT2D eigenvalue weighted by Gasteiger charge is -2.48. The van der Waals surface area contributed by atoms with Crippen molar-refractivity contribution >= 4 is 0 Å². The molecule has 2 fully saturated rings. The molecule has 2 aliphatic rings. The van der Waals surface area contributed by atoms with Crippen LogP contribution in [0.5, 0.6) is 0 Å². The second-order valence-corrected chi connectivity index (χ2v) is 5.06. The van der Waals surface area contributed by atoms with Crippen LogP contribution < -0.4 is 0 Å². The van der Waals surface area contributed by atoms with Gasteiger partial charge in [0.15, 0.2) is 0 Å². The molecule has 1 aliphatic heterocycles. The van der Waals surface area contributed by atoms with E-state index in [2.05, 4.69) is 4.90 Å². The number of aliphatic hydroxyl groups excluding tert-OH is 1. The molecule has 0 radical (unpaired) electrons. The van der Waals surface area contributed by atoms with E-state index in [1.807, 2.05) is 6.92 Å². The van der Waals surface area contributed by atoms with Gasteiger partial charge < -0.3 is 10.0 Å². The predicted molar refractivity (Wildman–Crippen MR) is 53.6 cm³/mol. The molecule has 0 bridgehead atoms. The fraction of sp³-hybridized carbons (Fsp3) is 1.00. The van der Waals surface area contributed by atoms with Crippen molar-refractivity contribution < 1.29 is 5.11 Å². The van der Waals surface area contributed by atoms with Crippen LogP contribution in [-0.2, 0) is 0 Å². The Morgan fingerprint density at radius 2 is 1.92 bits per heavy atom. The van der Waals surface area contributed by atoms with Crippen LogP contribution in [0.1, 0.15) is 39.0 Å². The van der Waals surface area contributed by atoms with Gasteiger partial charge in [0.25, 0.3) is 0 Å². The highest BCUT2D eigenvalue weighted by Crippen LogP contribution is 2.45. The van der Waals surface area contributed by atoms with Gasteiger partial charge in [-0.2, -0.15) is 0 Å². The molecule has 1 atom stereocenters. The van der Waals surface area contributed by atoms with Crippen molar-refractivity contribution in [3.63, 3.8) is 0 Å². The van der Waals surface area contributed by atoms with Crippen LogP contribution in [0.25, 0.3) is 0 Å². The third-order valence-electron chi connectivity index (χ3n) is 3.65. The van der Waals surface area contributed by atoms with E-state index in [0.717, 1.165) is 18.4 Å². The molecule has 76 valence electrons. The maximum Gasteiger partial charge on any atom is 0.0524 e. The average molecular weight is 183 g/mol. The van der Waals surface area contributed by atoms with E-state index in [0.29, 0.717) is 0 Å². The van der Waals surface area contributed by atoms with Crippen LogP contribution in [-0.4, -0.2) is 35.7 Å². The zero-order valence-corrected chi connectivity index (χ0v) is 8.63. The molecule has 1 heterocycles. The van der Waals surface area contributed by atoms with E-state index in [-0.39, 0.29) is 6.10 Å². The minimum absolute atomic E-state index is 0.125. The standard InChI is InChI=1S/C11H21NO/c1-10(13)4-7-12-8-11(9-12)5-2-3-6-11/h10,13H,2-9H2,1H3. The minimum Gasteiger partial charge on any atom is -0.393 e. The van der Waals surface area contributed by atoms with Crippen molar-refractivity contribution in [2.45, 2.75) is 45.1 Å². The van der Waals surface area contributed by atoms with Crippen LogP contribution in [0.2, 0.25) is 0 Å². The van der Waals surface area contributed by atoms with Gasteiger partial charge in [-0.3, -0.25) is 0 Å². The molecule has 1 saturated carbocycles. The first-order valence-corrected chi connectivity index (χ1v) is 5.61. The summed E-state index contributed by atoms with van der Waals surface area (Å²) < 4.78 is 0. The molecule has 1 spiro atoms. The van der Waals surface area contributed by atoms with Gasteiger partial charge in [0.05, 0.1) is 6.10 Å². The molecule has 1 unspecified atom stereocenters. The summed E-state index contributed by atoms with van der Waals surface area (Å²) in [5.74, 6) is 0. The van der Waals surface area contributed by atoms with Gasteiger partial charge in [0.2, 0.25) is 0 Å². The van der Waals surface area contributed by atoms with Gasteiger partial charge in [-0.1, -0.05) is 12.8 Å². The molecule has 1 aliphatic carbocycles. The lowest BCUT2D eigenvalue weighted by molar-refractivity contribution is -0.00217. The highest BCUT2D eigenvalue weighted by molar-refractivity contribution is 4.97. The second kappa shape index (κ2) is 3.58. The molecule has 0 aromatic carbocycles. The molecule has 1 N–H and O–H groups in total. The first-order chi connectivity index (χ1) is 6.20. The second-order valence-electron chi connectivity index (χ2n) is 5.06. The Morgan fingerprint density at radius 3 is 2.46 bits per heavy atom. The van der Waals surface area contributed by atoms with E-state index in [1.165, 1.54) is 38.8 Å². The lowest BCUT2D eigenvalue weighted by atomic mass is 9.78. The van der Waals surface area contributed by atoms with Gasteiger partial charge in [0.1, 0.15) is 0 Å². The third kappa shape index (κ3) is 2.05. The number of hydrogen-bond acceptors (Lipinski definition) is 2. The highest BCUT2D eigenvalue weighted by Gasteiger charge is 2.43. The lowest BCUT2D eigenvalue weighted by Crippen LogP contribution is -2.55. The van der Waals surface area contributed by atoms with E-state index >= 15 is 0 Å². The Balaban J connectivity index is 1.66. The average Bonchev–Trinajstić information content (AvgIpc) is 2.46. The molecular weight excluding hydrogens is 162 g/mol. The van der Waals surface area contributed by atoms with Gasteiger partial charge in [-0.15, -0.1) is 0 Å². The first kappa shape index (κ1) is 9.47. The summed E-state index contributed by atoms with van der Waals surface area (Å²) in [5.41, 5.74) is 0.721. The van der Waals surface area contributed by atoms with Crippen LogP contribution in [0, 0.1) is 5.41 Å². The molecular formula is C11H21NO. The Morgan fingerprint density at radius 1 is 1.31 bits per heavy atom. The number of likely N-dealkylation sites (tertiary alicyclic amines) is 1. The van der Waals surface area contributed by atoms with Crippen LogP contribution >= 0.6 is 0 Å². The van der Waals surface area contributed by atoms with Crippen LogP contribution in [0.3, 0.4) is 0 Å². The maximum absolute atomic E-state index is 9.15. The van der Waals surface area contributed by atoms with E-state index in [4.69, 9.17) is 5.11 Å². The summed E-state index contributed by atoms with van der Waals surface area (Å²) in [6.07, 6.45) is 6.63. The van der Waals surface area contributed by atoms with Crippen molar-refractivity contribution in [2.24, 2.45) is 5.41 Å². The van der Waals surface area contributed by atoms with Gasteiger partial charge in [0, 0.05) is 19.6 Å². The van der Waals surface area contributed by atoms with Crippen molar-refractivity contribution in [3.8, 4) is 0 Å². The van der Waals surface area contributed by atoms with Crippen molar-refractivity contribution in [1.29, 1.82) is 0 Å². The highest BCUT2D eigenvalue weighted by atomic mass is 16.3. The maximum atomic E-state index is 9.15. The first-order valence-electron chi connectivity index (χ1n) is 5.61. The Kier molecular flexibility index (Phi) is 2.61. The zero-order chi connectivity index (χ0) is 9.31. The summed E-state index contributed by atoms with van der Waals surface area (Å²) in [6, 6.07) is 0. The molecule has 13 heavy (non-hydrogen) atoms. The smallest absolute Gasteiger partial charge is 0.0524 e. The van der Waals surface area contributed by atoms with E-state index in [9.17, 15) is 0 Å². The minimum atomic E-state index is -0.125. The van der Waals surface area contributed by atoms with E-state index in [1.54, 1.807) is 0 Å². The monoisotopic (exact) mass is 183 g/mol. The van der Waals surface area contributed by atoms with Crippen LogP contribution in [0.15, 0.2) is 0 Å². The molecule has 0 amide bonds. The molecule has 2 rings (SSSR count). The third-order valence-corrected chi connectivity index (χ3v) is 3.65.